The van der Waals surface area contributed by atoms with E-state index in [4.69, 9.17) is 4.74 Å². The van der Waals surface area contributed by atoms with Crippen molar-refractivity contribution in [2.75, 3.05) is 5.32 Å². The van der Waals surface area contributed by atoms with E-state index >= 15 is 0 Å². The molecular formula is C17H18BrNO2. The summed E-state index contributed by atoms with van der Waals surface area (Å²) in [5.41, 5.74) is 2.14. The number of rotatable bonds is 3. The van der Waals surface area contributed by atoms with Gasteiger partial charge in [0.05, 0.1) is 0 Å². The van der Waals surface area contributed by atoms with Gasteiger partial charge in [0.1, 0.15) is 5.60 Å². The van der Waals surface area contributed by atoms with Crippen LogP contribution in [0.4, 0.5) is 10.5 Å². The summed E-state index contributed by atoms with van der Waals surface area (Å²) < 4.78 is 6.50. The Morgan fingerprint density at radius 3 is 2.19 bits per heavy atom. The number of aryl methyl sites for hydroxylation is 1. The van der Waals surface area contributed by atoms with E-state index in [1.54, 1.807) is 0 Å². The standard InChI is InChI=1S/C17H18BrNO2/c1-12-4-6-13(7-5-12)17(2,3)21-16(20)19-15-10-8-14(18)9-11-15/h4-11H,1-3H3,(H,19,20). The maximum absolute atomic E-state index is 12.0. The third-order valence-corrected chi connectivity index (χ3v) is 3.71. The van der Waals surface area contributed by atoms with Gasteiger partial charge in [0, 0.05) is 10.2 Å². The van der Waals surface area contributed by atoms with Crippen LogP contribution >= 0.6 is 15.9 Å². The van der Waals surface area contributed by atoms with Crippen LogP contribution < -0.4 is 5.32 Å². The molecule has 3 nitrogen and oxygen atoms in total. The fourth-order valence-electron chi connectivity index (χ4n) is 1.92. The summed E-state index contributed by atoms with van der Waals surface area (Å²) in [4.78, 5) is 12.0. The zero-order chi connectivity index (χ0) is 15.5. The normalized spacial score (nSPS) is 11.0. The molecule has 0 saturated carbocycles. The lowest BCUT2D eigenvalue weighted by Gasteiger charge is -2.25. The van der Waals surface area contributed by atoms with Crippen LogP contribution in [0.3, 0.4) is 0 Å². The molecule has 0 fully saturated rings. The van der Waals surface area contributed by atoms with Gasteiger partial charge in [-0.15, -0.1) is 0 Å². The number of carbonyl (C=O) groups excluding carboxylic acids is 1. The molecule has 1 amide bonds. The highest BCUT2D eigenvalue weighted by Gasteiger charge is 2.25. The lowest BCUT2D eigenvalue weighted by molar-refractivity contribution is 0.0466. The number of nitrogens with one attached hydrogen (secondary N) is 1. The van der Waals surface area contributed by atoms with Crippen molar-refractivity contribution in [2.45, 2.75) is 26.4 Å². The molecule has 4 heteroatoms. The Hall–Kier alpha value is -1.81. The first-order valence-electron chi connectivity index (χ1n) is 6.69. The molecule has 0 aliphatic heterocycles. The minimum atomic E-state index is -0.687. The van der Waals surface area contributed by atoms with Crippen LogP contribution in [0, 0.1) is 6.92 Å². The van der Waals surface area contributed by atoms with Gasteiger partial charge < -0.3 is 4.74 Å². The van der Waals surface area contributed by atoms with Gasteiger partial charge >= 0.3 is 6.09 Å². The van der Waals surface area contributed by atoms with Gasteiger partial charge in [-0.1, -0.05) is 45.8 Å². The Morgan fingerprint density at radius 2 is 1.62 bits per heavy atom. The van der Waals surface area contributed by atoms with Crippen LogP contribution in [0.5, 0.6) is 0 Å². The zero-order valence-electron chi connectivity index (χ0n) is 12.3. The molecule has 21 heavy (non-hydrogen) atoms. The lowest BCUT2D eigenvalue weighted by atomic mass is 9.97. The van der Waals surface area contributed by atoms with Gasteiger partial charge in [-0.3, -0.25) is 5.32 Å². The molecule has 0 saturated heterocycles. The van der Waals surface area contributed by atoms with Gasteiger partial charge in [0.25, 0.3) is 0 Å². The number of ether oxygens (including phenoxy) is 1. The highest BCUT2D eigenvalue weighted by Crippen LogP contribution is 2.25. The summed E-state index contributed by atoms with van der Waals surface area (Å²) in [6.07, 6.45) is -0.470. The van der Waals surface area contributed by atoms with Gasteiger partial charge in [-0.25, -0.2) is 4.79 Å². The van der Waals surface area contributed by atoms with E-state index in [1.165, 1.54) is 5.56 Å². The van der Waals surface area contributed by atoms with E-state index in [9.17, 15) is 4.79 Å². The number of hydrogen-bond donors (Lipinski definition) is 1. The van der Waals surface area contributed by atoms with E-state index in [1.807, 2.05) is 69.3 Å². The van der Waals surface area contributed by atoms with Crippen LogP contribution in [0.1, 0.15) is 25.0 Å². The van der Waals surface area contributed by atoms with Gasteiger partial charge in [-0.05, 0) is 50.6 Å². The van der Waals surface area contributed by atoms with Gasteiger partial charge in [0.15, 0.2) is 0 Å². The molecule has 0 unspecified atom stereocenters. The smallest absolute Gasteiger partial charge is 0.412 e. The van der Waals surface area contributed by atoms with E-state index in [-0.39, 0.29) is 0 Å². The monoisotopic (exact) mass is 347 g/mol. The number of halogens is 1. The van der Waals surface area contributed by atoms with Crippen molar-refractivity contribution in [2.24, 2.45) is 0 Å². The summed E-state index contributed by atoms with van der Waals surface area (Å²) in [7, 11) is 0. The first-order valence-corrected chi connectivity index (χ1v) is 7.49. The molecule has 2 aromatic rings. The molecule has 0 aromatic heterocycles. The van der Waals surface area contributed by atoms with Crippen LogP contribution in [0.25, 0.3) is 0 Å². The van der Waals surface area contributed by atoms with Crippen molar-refractivity contribution in [3.05, 3.63) is 64.1 Å². The highest BCUT2D eigenvalue weighted by atomic mass is 79.9. The molecule has 0 radical (unpaired) electrons. The molecule has 0 bridgehead atoms. The average molecular weight is 348 g/mol. The Morgan fingerprint density at radius 1 is 1.05 bits per heavy atom. The topological polar surface area (TPSA) is 38.3 Å². The lowest BCUT2D eigenvalue weighted by Crippen LogP contribution is -2.28. The van der Waals surface area contributed by atoms with Crippen molar-refractivity contribution in [1.82, 2.24) is 0 Å². The second-order valence-electron chi connectivity index (χ2n) is 5.40. The first kappa shape index (κ1) is 15.6. The van der Waals surface area contributed by atoms with Crippen LogP contribution in [0.2, 0.25) is 0 Å². The molecule has 1 N–H and O–H groups in total. The van der Waals surface area contributed by atoms with Crippen molar-refractivity contribution < 1.29 is 9.53 Å². The maximum atomic E-state index is 12.0. The molecule has 0 aliphatic carbocycles. The van der Waals surface area contributed by atoms with E-state index in [2.05, 4.69) is 21.2 Å². The van der Waals surface area contributed by atoms with E-state index < -0.39 is 11.7 Å². The SMILES string of the molecule is Cc1ccc(C(C)(C)OC(=O)Nc2ccc(Br)cc2)cc1. The summed E-state index contributed by atoms with van der Waals surface area (Å²) >= 11 is 3.35. The molecule has 2 aromatic carbocycles. The maximum Gasteiger partial charge on any atom is 0.412 e. The Bertz CT molecular complexity index is 618. The molecule has 0 heterocycles. The number of hydrogen-bond acceptors (Lipinski definition) is 2. The van der Waals surface area contributed by atoms with Crippen molar-refractivity contribution in [3.8, 4) is 0 Å². The first-order chi connectivity index (χ1) is 9.87. The molecular weight excluding hydrogens is 330 g/mol. The molecule has 0 aliphatic rings. The number of anilines is 1. The van der Waals surface area contributed by atoms with Crippen molar-refractivity contribution >= 4 is 27.7 Å². The second-order valence-corrected chi connectivity index (χ2v) is 6.31. The van der Waals surface area contributed by atoms with Crippen LogP contribution in [-0.2, 0) is 10.3 Å². The van der Waals surface area contributed by atoms with Crippen molar-refractivity contribution in [1.29, 1.82) is 0 Å². The Kier molecular flexibility index (Phi) is 4.68. The summed E-state index contributed by atoms with van der Waals surface area (Å²) in [6, 6.07) is 15.3. The molecule has 110 valence electrons. The summed E-state index contributed by atoms with van der Waals surface area (Å²) in [5, 5.41) is 2.72. The number of amides is 1. The summed E-state index contributed by atoms with van der Waals surface area (Å²) in [5.74, 6) is 0. The average Bonchev–Trinajstić information content (AvgIpc) is 2.41. The van der Waals surface area contributed by atoms with Crippen molar-refractivity contribution in [3.63, 3.8) is 0 Å². The quantitative estimate of drug-likeness (QED) is 0.824. The van der Waals surface area contributed by atoms with Crippen LogP contribution in [-0.4, -0.2) is 6.09 Å². The van der Waals surface area contributed by atoms with E-state index in [0.717, 1.165) is 10.0 Å². The molecule has 0 spiro atoms. The molecule has 0 atom stereocenters. The van der Waals surface area contributed by atoms with Gasteiger partial charge in [-0.2, -0.15) is 0 Å². The molecule has 2 rings (SSSR count). The predicted molar refractivity (Wildman–Crippen MR) is 88.5 cm³/mol. The minimum absolute atomic E-state index is 0.470. The van der Waals surface area contributed by atoms with Gasteiger partial charge in [0.2, 0.25) is 0 Å². The highest BCUT2D eigenvalue weighted by molar-refractivity contribution is 9.10. The van der Waals surface area contributed by atoms with Crippen LogP contribution in [0.15, 0.2) is 53.0 Å². The second kappa shape index (κ2) is 6.31. The zero-order valence-corrected chi connectivity index (χ0v) is 13.9. The fourth-order valence-corrected chi connectivity index (χ4v) is 2.19. The number of carbonyl (C=O) groups is 1. The minimum Gasteiger partial charge on any atom is -0.438 e. The Labute approximate surface area is 133 Å². The summed E-state index contributed by atoms with van der Waals surface area (Å²) in [6.45, 7) is 5.77. The number of benzene rings is 2. The predicted octanol–water partition coefficient (Wildman–Crippen LogP) is 5.24. The third kappa shape index (κ3) is 4.33. The fraction of sp³-hybridized carbons (Fsp3) is 0.235. The van der Waals surface area contributed by atoms with E-state index in [0.29, 0.717) is 5.69 Å². The Balaban J connectivity index is 2.03. The third-order valence-electron chi connectivity index (χ3n) is 3.19. The largest absolute Gasteiger partial charge is 0.438 e.